The molecule has 1 radical (unpaired) electrons. The fourth-order valence-corrected chi connectivity index (χ4v) is 0.138. The normalized spacial score (nSPS) is 9.14. The molecule has 7 heavy (non-hydrogen) atoms. The molecule has 0 rings (SSSR count). The van der Waals surface area contributed by atoms with Crippen LogP contribution in [0.2, 0.25) is 0 Å². The first-order valence-electron chi connectivity index (χ1n) is 1.72. The molecule has 0 fully saturated rings. The summed E-state index contributed by atoms with van der Waals surface area (Å²) in [4.78, 5) is 9.60. The van der Waals surface area contributed by atoms with E-state index in [-0.39, 0.29) is 0 Å². The summed E-state index contributed by atoms with van der Waals surface area (Å²) in [6.07, 6.45) is 3.37. The number of carboxylic acids is 1. The summed E-state index contributed by atoms with van der Waals surface area (Å²) in [5.74, 6) is -0.985. The summed E-state index contributed by atoms with van der Waals surface area (Å²) in [5.41, 5.74) is 0. The molecule has 0 aromatic rings. The molecule has 0 atom stereocenters. The molecule has 0 aromatic heterocycles. The van der Waals surface area contributed by atoms with Crippen molar-refractivity contribution >= 4 is 5.97 Å². The van der Waals surface area contributed by atoms with Crippen LogP contribution < -0.4 is 0 Å². The van der Waals surface area contributed by atoms with Crippen molar-refractivity contribution < 1.29 is 9.90 Å². The van der Waals surface area contributed by atoms with Crippen LogP contribution in [0, 0.1) is 6.58 Å². The van der Waals surface area contributed by atoms with Crippen LogP contribution in [-0.2, 0) is 4.79 Å². The van der Waals surface area contributed by atoms with Crippen molar-refractivity contribution in [2.45, 2.75) is 0 Å². The Kier molecular flexibility index (Phi) is 2.68. The molecule has 2 heteroatoms. The van der Waals surface area contributed by atoms with Gasteiger partial charge in [0.25, 0.3) is 0 Å². The summed E-state index contributed by atoms with van der Waals surface area (Å²) < 4.78 is 0. The Bertz CT molecular complexity index is 103. The third-order valence-electron chi connectivity index (χ3n) is 0.350. The van der Waals surface area contributed by atoms with Gasteiger partial charge in [0.2, 0.25) is 0 Å². The Morgan fingerprint density at radius 3 is 2.43 bits per heavy atom. The molecule has 0 aliphatic heterocycles. The maximum atomic E-state index is 9.60. The van der Waals surface area contributed by atoms with Gasteiger partial charge in [0.1, 0.15) is 0 Å². The fourth-order valence-electron chi connectivity index (χ4n) is 0.138. The molecular weight excluding hydrogens is 92.1 g/mol. The summed E-state index contributed by atoms with van der Waals surface area (Å²) in [7, 11) is 0. The van der Waals surface area contributed by atoms with Crippen LogP contribution in [0.1, 0.15) is 0 Å². The van der Waals surface area contributed by atoms with E-state index in [4.69, 9.17) is 11.7 Å². The summed E-state index contributed by atoms with van der Waals surface area (Å²) in [6, 6.07) is 0. The van der Waals surface area contributed by atoms with Gasteiger partial charge in [-0.25, -0.2) is 4.79 Å². The first-order chi connectivity index (χ1) is 3.27. The monoisotopic (exact) mass is 97.0 g/mol. The third kappa shape index (κ3) is 4.95. The van der Waals surface area contributed by atoms with Gasteiger partial charge in [-0.05, 0) is 0 Å². The molecule has 2 nitrogen and oxygen atoms in total. The number of allylic oxidation sites excluding steroid dienone is 2. The number of hydrogen-bond donors (Lipinski definition) is 1. The van der Waals surface area contributed by atoms with Crippen molar-refractivity contribution in [2.24, 2.45) is 0 Å². The average molecular weight is 97.1 g/mol. The molecular formula is C5H5O2. The molecule has 0 spiro atoms. The quantitative estimate of drug-likeness (QED) is 0.405. The third-order valence-corrected chi connectivity index (χ3v) is 0.350. The van der Waals surface area contributed by atoms with Gasteiger partial charge in [0, 0.05) is 6.08 Å². The number of carbonyl (C=O) groups is 1. The lowest BCUT2D eigenvalue weighted by atomic mass is 10.5. The van der Waals surface area contributed by atoms with Crippen LogP contribution in [-0.4, -0.2) is 11.1 Å². The van der Waals surface area contributed by atoms with E-state index in [1.165, 1.54) is 6.08 Å². The van der Waals surface area contributed by atoms with E-state index in [0.717, 1.165) is 12.2 Å². The van der Waals surface area contributed by atoms with Crippen molar-refractivity contribution in [3.05, 3.63) is 24.8 Å². The molecule has 0 aliphatic rings. The fraction of sp³-hybridized carbons (Fsp3) is 0. The zero-order valence-electron chi connectivity index (χ0n) is 3.66. The Labute approximate surface area is 41.8 Å². The summed E-state index contributed by atoms with van der Waals surface area (Å²) in [6.45, 7) is 4.80. The molecule has 1 N–H and O–H groups in total. The highest BCUT2D eigenvalue weighted by Crippen LogP contribution is 1.69. The predicted octanol–water partition coefficient (Wildman–Crippen LogP) is 0.616. The Morgan fingerprint density at radius 2 is 2.29 bits per heavy atom. The second-order valence-corrected chi connectivity index (χ2v) is 0.890. The molecule has 0 amide bonds. The van der Waals surface area contributed by atoms with E-state index in [9.17, 15) is 4.79 Å². The second-order valence-electron chi connectivity index (χ2n) is 0.890. The van der Waals surface area contributed by atoms with Crippen molar-refractivity contribution in [1.29, 1.82) is 0 Å². The highest BCUT2D eigenvalue weighted by atomic mass is 16.4. The molecule has 0 heterocycles. The molecule has 37 valence electrons. The zero-order valence-corrected chi connectivity index (χ0v) is 3.66. The Morgan fingerprint density at radius 1 is 1.71 bits per heavy atom. The first-order valence-corrected chi connectivity index (χ1v) is 1.72. The zero-order chi connectivity index (χ0) is 5.70. The molecule has 0 unspecified atom stereocenters. The molecule has 0 saturated carbocycles. The van der Waals surface area contributed by atoms with Crippen molar-refractivity contribution in [3.63, 3.8) is 0 Å². The van der Waals surface area contributed by atoms with Crippen LogP contribution in [0.5, 0.6) is 0 Å². The van der Waals surface area contributed by atoms with Gasteiger partial charge in [0.15, 0.2) is 0 Å². The highest BCUT2D eigenvalue weighted by molar-refractivity contribution is 5.79. The van der Waals surface area contributed by atoms with Gasteiger partial charge in [-0.1, -0.05) is 18.7 Å². The Balaban J connectivity index is 3.46. The SMILES string of the molecule is [CH]=CC=CC(=O)O. The van der Waals surface area contributed by atoms with E-state index in [2.05, 4.69) is 0 Å². The van der Waals surface area contributed by atoms with Gasteiger partial charge >= 0.3 is 5.97 Å². The van der Waals surface area contributed by atoms with Crippen LogP contribution in [0.15, 0.2) is 18.2 Å². The second kappa shape index (κ2) is 3.15. The van der Waals surface area contributed by atoms with Gasteiger partial charge in [-0.3, -0.25) is 0 Å². The maximum absolute atomic E-state index is 9.60. The van der Waals surface area contributed by atoms with E-state index >= 15 is 0 Å². The van der Waals surface area contributed by atoms with E-state index in [1.54, 1.807) is 0 Å². The lowest BCUT2D eigenvalue weighted by Crippen LogP contribution is -1.83. The molecule has 0 saturated heterocycles. The van der Waals surface area contributed by atoms with Gasteiger partial charge in [0.05, 0.1) is 0 Å². The molecule has 0 aromatic carbocycles. The Hall–Kier alpha value is -1.05. The lowest BCUT2D eigenvalue weighted by molar-refractivity contribution is -0.131. The standard InChI is InChI=1S/C5H5O2/c1-2-3-4-5(6)7/h1-4H,(H,6,7). The minimum Gasteiger partial charge on any atom is -0.478 e. The number of carboxylic acid groups (broad SMARTS) is 1. The van der Waals surface area contributed by atoms with Crippen LogP contribution >= 0.6 is 0 Å². The van der Waals surface area contributed by atoms with E-state index in [1.807, 2.05) is 0 Å². The summed E-state index contributed by atoms with van der Waals surface area (Å²) in [5, 5.41) is 7.88. The minimum absolute atomic E-state index is 0.958. The van der Waals surface area contributed by atoms with Gasteiger partial charge < -0.3 is 5.11 Å². The minimum atomic E-state index is -0.985. The van der Waals surface area contributed by atoms with E-state index < -0.39 is 5.97 Å². The molecule has 0 bridgehead atoms. The largest absolute Gasteiger partial charge is 0.478 e. The van der Waals surface area contributed by atoms with E-state index in [0.29, 0.717) is 0 Å². The maximum Gasteiger partial charge on any atom is 0.328 e. The van der Waals surface area contributed by atoms with Gasteiger partial charge in [-0.15, -0.1) is 0 Å². The molecule has 0 aliphatic carbocycles. The smallest absolute Gasteiger partial charge is 0.328 e. The van der Waals surface area contributed by atoms with Crippen molar-refractivity contribution in [3.8, 4) is 0 Å². The van der Waals surface area contributed by atoms with Crippen LogP contribution in [0.25, 0.3) is 0 Å². The first kappa shape index (κ1) is 5.95. The lowest BCUT2D eigenvalue weighted by Gasteiger charge is -1.70. The number of aliphatic carboxylic acids is 1. The number of rotatable bonds is 2. The van der Waals surface area contributed by atoms with Crippen LogP contribution in [0.4, 0.5) is 0 Å². The van der Waals surface area contributed by atoms with Crippen molar-refractivity contribution in [2.75, 3.05) is 0 Å². The summed E-state index contributed by atoms with van der Waals surface area (Å²) >= 11 is 0. The van der Waals surface area contributed by atoms with Gasteiger partial charge in [-0.2, -0.15) is 0 Å². The average Bonchev–Trinajstić information content (AvgIpc) is 1.61. The topological polar surface area (TPSA) is 37.3 Å². The predicted molar refractivity (Wildman–Crippen MR) is 25.6 cm³/mol. The van der Waals surface area contributed by atoms with Crippen molar-refractivity contribution in [1.82, 2.24) is 0 Å². The number of hydrogen-bond acceptors (Lipinski definition) is 1. The highest BCUT2D eigenvalue weighted by Gasteiger charge is 1.77. The van der Waals surface area contributed by atoms with Crippen LogP contribution in [0.3, 0.4) is 0 Å².